The van der Waals surface area contributed by atoms with E-state index in [4.69, 9.17) is 12.2 Å². The third-order valence-corrected chi connectivity index (χ3v) is 6.60. The number of carbonyl (C=O) groups is 2. The number of rotatable bonds is 3. The molecule has 1 atom stereocenters. The standard InChI is InChI=1S/C20H20F4N4O2S/c1-25-3-4-27(9-16(25)30)15(29)7-13-14-5-10(8-28(14)20(31)26(13)2)17-18(23)11(21)6-12(22)19(17)24/h6,10H,3-5,7-9H2,1-2H3/t10-/m0/s1. The van der Waals surface area contributed by atoms with Crippen LogP contribution in [0.2, 0.25) is 0 Å². The highest BCUT2D eigenvalue weighted by Crippen LogP contribution is 2.36. The van der Waals surface area contributed by atoms with E-state index in [1.807, 2.05) is 0 Å². The number of piperazine rings is 1. The number of hydrogen-bond acceptors (Lipinski definition) is 3. The quantitative estimate of drug-likeness (QED) is 0.405. The smallest absolute Gasteiger partial charge is 0.241 e. The molecule has 0 bridgehead atoms. The minimum atomic E-state index is -1.45. The van der Waals surface area contributed by atoms with Crippen LogP contribution in [-0.2, 0) is 36.0 Å². The molecular formula is C20H20F4N4O2S. The van der Waals surface area contributed by atoms with E-state index in [9.17, 15) is 27.2 Å². The van der Waals surface area contributed by atoms with Crippen LogP contribution in [-0.4, -0.2) is 57.4 Å². The monoisotopic (exact) mass is 456 g/mol. The van der Waals surface area contributed by atoms with Crippen molar-refractivity contribution in [2.75, 3.05) is 26.7 Å². The van der Waals surface area contributed by atoms with Gasteiger partial charge in [-0.2, -0.15) is 0 Å². The number of likely N-dealkylation sites (N-methyl/N-ethyl adjacent to an activating group) is 1. The summed E-state index contributed by atoms with van der Waals surface area (Å²) >= 11 is 5.41. The minimum Gasteiger partial charge on any atom is -0.342 e. The second-order valence-electron chi connectivity index (χ2n) is 7.94. The second-order valence-corrected chi connectivity index (χ2v) is 8.30. The Labute approximate surface area is 180 Å². The van der Waals surface area contributed by atoms with Gasteiger partial charge in [0.15, 0.2) is 28.0 Å². The molecule has 11 heteroatoms. The van der Waals surface area contributed by atoms with Crippen LogP contribution >= 0.6 is 12.2 Å². The summed E-state index contributed by atoms with van der Waals surface area (Å²) in [7, 11) is 3.35. The number of hydrogen-bond donors (Lipinski definition) is 0. The van der Waals surface area contributed by atoms with E-state index in [1.54, 1.807) is 28.1 Å². The molecule has 31 heavy (non-hydrogen) atoms. The van der Waals surface area contributed by atoms with Crippen LogP contribution in [0.1, 0.15) is 22.9 Å². The zero-order valence-corrected chi connectivity index (χ0v) is 17.7. The van der Waals surface area contributed by atoms with Crippen LogP contribution in [0.15, 0.2) is 6.07 Å². The highest BCUT2D eigenvalue weighted by atomic mass is 32.1. The minimum absolute atomic E-state index is 0.0164. The molecule has 0 radical (unpaired) electrons. The number of fused-ring (bicyclic) bond motifs is 1. The van der Waals surface area contributed by atoms with Crippen molar-refractivity contribution in [3.05, 3.63) is 51.1 Å². The molecule has 1 fully saturated rings. The van der Waals surface area contributed by atoms with E-state index in [1.165, 1.54) is 4.90 Å². The predicted octanol–water partition coefficient (Wildman–Crippen LogP) is 2.30. The summed E-state index contributed by atoms with van der Waals surface area (Å²) in [5.41, 5.74) is 0.497. The van der Waals surface area contributed by atoms with Crippen LogP contribution in [0.5, 0.6) is 0 Å². The fraction of sp³-hybridized carbons (Fsp3) is 0.450. The van der Waals surface area contributed by atoms with Crippen molar-refractivity contribution in [1.82, 2.24) is 18.9 Å². The van der Waals surface area contributed by atoms with Crippen molar-refractivity contribution in [2.24, 2.45) is 7.05 Å². The molecule has 0 spiro atoms. The van der Waals surface area contributed by atoms with Gasteiger partial charge < -0.3 is 18.9 Å². The number of halogens is 4. The van der Waals surface area contributed by atoms with Crippen LogP contribution in [0, 0.1) is 28.0 Å². The first-order valence-electron chi connectivity index (χ1n) is 9.72. The summed E-state index contributed by atoms with van der Waals surface area (Å²) in [5, 5.41) is 0. The average molecular weight is 456 g/mol. The van der Waals surface area contributed by atoms with Crippen LogP contribution in [0.3, 0.4) is 0 Å². The first-order valence-corrected chi connectivity index (χ1v) is 10.1. The molecule has 0 unspecified atom stereocenters. The summed E-state index contributed by atoms with van der Waals surface area (Å²) < 4.78 is 59.6. The molecule has 1 aromatic heterocycles. The van der Waals surface area contributed by atoms with E-state index in [0.29, 0.717) is 29.2 Å². The van der Waals surface area contributed by atoms with Gasteiger partial charge in [0, 0.05) is 62.7 Å². The van der Waals surface area contributed by atoms with Gasteiger partial charge in [-0.15, -0.1) is 0 Å². The lowest BCUT2D eigenvalue weighted by atomic mass is 9.94. The first kappa shape index (κ1) is 21.5. The number of nitrogens with zero attached hydrogens (tertiary/aromatic N) is 4. The first-order chi connectivity index (χ1) is 14.6. The number of benzene rings is 1. The fourth-order valence-electron chi connectivity index (χ4n) is 4.29. The third kappa shape index (κ3) is 3.54. The topological polar surface area (TPSA) is 50.5 Å². The molecule has 2 aliphatic rings. The molecule has 1 aromatic carbocycles. The maximum absolute atomic E-state index is 14.3. The Balaban J connectivity index is 1.62. The SMILES string of the molecule is CN1CCN(C(=O)Cc2c3n(c(=S)n2C)C[C@@H](c2c(F)c(F)cc(F)c2F)C3)CC1=O. The van der Waals surface area contributed by atoms with Gasteiger partial charge in [-0.05, 0) is 18.6 Å². The van der Waals surface area contributed by atoms with E-state index in [2.05, 4.69) is 0 Å². The molecule has 0 saturated carbocycles. The lowest BCUT2D eigenvalue weighted by Crippen LogP contribution is -2.51. The molecule has 6 nitrogen and oxygen atoms in total. The van der Waals surface area contributed by atoms with Crippen LogP contribution in [0.25, 0.3) is 0 Å². The predicted molar refractivity (Wildman–Crippen MR) is 105 cm³/mol. The summed E-state index contributed by atoms with van der Waals surface area (Å²) in [6.07, 6.45) is 0.0279. The molecular weight excluding hydrogens is 436 g/mol. The molecule has 2 aromatic rings. The average Bonchev–Trinajstić information content (AvgIpc) is 3.23. The lowest BCUT2D eigenvalue weighted by molar-refractivity contribution is -0.143. The van der Waals surface area contributed by atoms with Crippen LogP contribution < -0.4 is 0 Å². The molecule has 4 rings (SSSR count). The van der Waals surface area contributed by atoms with Gasteiger partial charge in [0.1, 0.15) is 0 Å². The Bertz CT molecular complexity index is 1130. The van der Waals surface area contributed by atoms with Gasteiger partial charge in [0.05, 0.1) is 13.0 Å². The van der Waals surface area contributed by atoms with E-state index >= 15 is 0 Å². The number of amides is 2. The van der Waals surface area contributed by atoms with Crippen molar-refractivity contribution < 1.29 is 27.2 Å². The molecule has 0 N–H and O–H groups in total. The highest BCUT2D eigenvalue weighted by molar-refractivity contribution is 7.71. The zero-order valence-electron chi connectivity index (χ0n) is 16.9. The van der Waals surface area contributed by atoms with E-state index in [0.717, 1.165) is 0 Å². The van der Waals surface area contributed by atoms with Crippen LogP contribution in [0.4, 0.5) is 17.6 Å². The number of aromatic nitrogens is 2. The maximum atomic E-state index is 14.3. The molecule has 3 heterocycles. The molecule has 166 valence electrons. The Kier molecular flexibility index (Phi) is 5.40. The summed E-state index contributed by atoms with van der Waals surface area (Å²) in [6.45, 7) is 0.864. The van der Waals surface area contributed by atoms with E-state index < -0.39 is 34.8 Å². The van der Waals surface area contributed by atoms with Crippen molar-refractivity contribution in [3.63, 3.8) is 0 Å². The van der Waals surface area contributed by atoms with Gasteiger partial charge in [0.2, 0.25) is 11.8 Å². The molecule has 1 saturated heterocycles. The number of imidazole rings is 1. The molecule has 2 aliphatic heterocycles. The Morgan fingerprint density at radius 2 is 1.77 bits per heavy atom. The largest absolute Gasteiger partial charge is 0.342 e. The van der Waals surface area contributed by atoms with Gasteiger partial charge in [-0.3, -0.25) is 9.59 Å². The van der Waals surface area contributed by atoms with Gasteiger partial charge >= 0.3 is 0 Å². The lowest BCUT2D eigenvalue weighted by Gasteiger charge is -2.32. The van der Waals surface area contributed by atoms with Crippen molar-refractivity contribution in [1.29, 1.82) is 0 Å². The Hall–Kier alpha value is -2.69. The number of carbonyl (C=O) groups excluding carboxylic acids is 2. The third-order valence-electron chi connectivity index (χ3n) is 6.11. The summed E-state index contributed by atoms with van der Waals surface area (Å²) in [5.74, 6) is -7.03. The molecule has 2 amide bonds. The van der Waals surface area contributed by atoms with Gasteiger partial charge in [-0.25, -0.2) is 17.6 Å². The molecule has 0 aliphatic carbocycles. The van der Waals surface area contributed by atoms with Crippen molar-refractivity contribution >= 4 is 24.0 Å². The summed E-state index contributed by atoms with van der Waals surface area (Å²) in [4.78, 5) is 27.7. The second kappa shape index (κ2) is 7.77. The van der Waals surface area contributed by atoms with Crippen molar-refractivity contribution in [2.45, 2.75) is 25.3 Å². The summed E-state index contributed by atoms with van der Waals surface area (Å²) in [6, 6.07) is 0.184. The Morgan fingerprint density at radius 3 is 2.39 bits per heavy atom. The van der Waals surface area contributed by atoms with Crippen molar-refractivity contribution in [3.8, 4) is 0 Å². The highest BCUT2D eigenvalue weighted by Gasteiger charge is 2.35. The van der Waals surface area contributed by atoms with E-state index in [-0.39, 0.29) is 43.8 Å². The van der Waals surface area contributed by atoms with Gasteiger partial charge in [-0.1, -0.05) is 0 Å². The fourth-order valence-corrected chi connectivity index (χ4v) is 4.58. The van der Waals surface area contributed by atoms with Gasteiger partial charge in [0.25, 0.3) is 0 Å². The zero-order chi connectivity index (χ0) is 22.6. The normalized spacial score (nSPS) is 18.6. The maximum Gasteiger partial charge on any atom is 0.241 e. The Morgan fingerprint density at radius 1 is 1.13 bits per heavy atom.